The van der Waals surface area contributed by atoms with Gasteiger partial charge in [0.05, 0.1) is 0 Å². The number of aryl methyl sites for hydroxylation is 4. The Balaban J connectivity index is 0. The van der Waals surface area contributed by atoms with Crippen LogP contribution in [0.3, 0.4) is 0 Å². The van der Waals surface area contributed by atoms with Gasteiger partial charge in [-0.2, -0.15) is 0 Å². The minimum atomic E-state index is 1.33. The Bertz CT molecular complexity index is 629. The number of hydrogen-bond acceptors (Lipinski definition) is 0. The maximum atomic E-state index is 2.18. The van der Waals surface area contributed by atoms with Gasteiger partial charge in [-0.25, -0.2) is 0 Å². The highest BCUT2D eigenvalue weighted by Gasteiger charge is 1.97. The zero-order chi connectivity index (χ0) is 20.5. The summed E-state index contributed by atoms with van der Waals surface area (Å²) in [5.74, 6) is 0. The van der Waals surface area contributed by atoms with Crippen molar-refractivity contribution in [1.82, 2.24) is 0 Å². The maximum Gasteiger partial charge on any atom is -0.0152 e. The van der Waals surface area contributed by atoms with Crippen LogP contribution >= 0.6 is 0 Å². The molecule has 0 aliphatic rings. The molecular weight excluding hydrogens is 312 g/mol. The number of benzene rings is 3. The van der Waals surface area contributed by atoms with Crippen molar-refractivity contribution >= 4 is 10.8 Å². The average molecular weight is 353 g/mol. The number of rotatable bonds is 0. The summed E-state index contributed by atoms with van der Waals surface area (Å²) >= 11 is 0. The SMILES string of the molecule is CC.CC.CC.Cc1ccc(C)c2ccccc12.Cc1ccc(C)cc1. The van der Waals surface area contributed by atoms with Gasteiger partial charge in [0.2, 0.25) is 0 Å². The Kier molecular flexibility index (Phi) is 16.5. The molecule has 144 valence electrons. The fraction of sp³-hybridized carbons (Fsp3) is 0.385. The molecule has 0 aliphatic carbocycles. The lowest BCUT2D eigenvalue weighted by atomic mass is 10.0. The van der Waals surface area contributed by atoms with E-state index >= 15 is 0 Å². The highest BCUT2D eigenvalue weighted by Crippen LogP contribution is 2.20. The van der Waals surface area contributed by atoms with Crippen LogP contribution in [0.1, 0.15) is 63.8 Å². The van der Waals surface area contributed by atoms with E-state index in [2.05, 4.69) is 88.4 Å². The summed E-state index contributed by atoms with van der Waals surface area (Å²) in [7, 11) is 0. The molecule has 0 fully saturated rings. The van der Waals surface area contributed by atoms with E-state index in [-0.39, 0.29) is 0 Å². The van der Waals surface area contributed by atoms with Crippen LogP contribution in [0.5, 0.6) is 0 Å². The number of fused-ring (bicyclic) bond motifs is 1. The van der Waals surface area contributed by atoms with Crippen molar-refractivity contribution in [3.8, 4) is 0 Å². The second kappa shape index (κ2) is 16.4. The Hall–Kier alpha value is -2.08. The van der Waals surface area contributed by atoms with E-state index in [1.54, 1.807) is 0 Å². The van der Waals surface area contributed by atoms with Crippen LogP contribution in [-0.4, -0.2) is 0 Å². The van der Waals surface area contributed by atoms with E-state index in [4.69, 9.17) is 0 Å². The molecule has 0 saturated heterocycles. The first-order valence-electron chi connectivity index (χ1n) is 10.1. The lowest BCUT2D eigenvalue weighted by molar-refractivity contribution is 1.40. The third kappa shape index (κ3) is 9.42. The average Bonchev–Trinajstić information content (AvgIpc) is 2.72. The van der Waals surface area contributed by atoms with Gasteiger partial charge in [-0.1, -0.05) is 113 Å². The van der Waals surface area contributed by atoms with Crippen LogP contribution in [-0.2, 0) is 0 Å². The normalized spacial score (nSPS) is 8.38. The first-order valence-corrected chi connectivity index (χ1v) is 10.1. The van der Waals surface area contributed by atoms with Crippen LogP contribution < -0.4 is 0 Å². The third-order valence-electron chi connectivity index (χ3n) is 3.58. The van der Waals surface area contributed by atoms with Gasteiger partial charge >= 0.3 is 0 Å². The van der Waals surface area contributed by atoms with Crippen LogP contribution in [0, 0.1) is 27.7 Å². The molecule has 0 amide bonds. The van der Waals surface area contributed by atoms with Gasteiger partial charge in [0.15, 0.2) is 0 Å². The minimum Gasteiger partial charge on any atom is -0.0683 e. The molecule has 0 heterocycles. The van der Waals surface area contributed by atoms with Crippen LogP contribution in [0.25, 0.3) is 10.8 Å². The van der Waals surface area contributed by atoms with Crippen molar-refractivity contribution < 1.29 is 0 Å². The summed E-state index contributed by atoms with van der Waals surface area (Å²) in [6, 6.07) is 21.4. The van der Waals surface area contributed by atoms with E-state index in [0.29, 0.717) is 0 Å². The number of hydrogen-bond donors (Lipinski definition) is 0. The molecule has 0 aromatic heterocycles. The lowest BCUT2D eigenvalue weighted by Crippen LogP contribution is -1.80. The van der Waals surface area contributed by atoms with Gasteiger partial charge in [-0.3, -0.25) is 0 Å². The van der Waals surface area contributed by atoms with Crippen molar-refractivity contribution in [3.05, 3.63) is 82.9 Å². The molecule has 0 aliphatic heterocycles. The van der Waals surface area contributed by atoms with Crippen molar-refractivity contribution in [2.24, 2.45) is 0 Å². The Labute approximate surface area is 163 Å². The fourth-order valence-corrected chi connectivity index (χ4v) is 2.24. The first-order chi connectivity index (χ1) is 12.6. The molecule has 3 rings (SSSR count). The Morgan fingerprint density at radius 3 is 0.923 bits per heavy atom. The first kappa shape index (κ1) is 26.2. The van der Waals surface area contributed by atoms with Crippen LogP contribution in [0.4, 0.5) is 0 Å². The molecule has 0 unspecified atom stereocenters. The zero-order valence-corrected chi connectivity index (χ0v) is 18.8. The van der Waals surface area contributed by atoms with Crippen molar-refractivity contribution in [2.45, 2.75) is 69.2 Å². The van der Waals surface area contributed by atoms with E-state index in [9.17, 15) is 0 Å². The predicted octanol–water partition coefficient (Wildman–Crippen LogP) is 8.84. The second-order valence-electron chi connectivity index (χ2n) is 5.40. The summed E-state index contributed by atoms with van der Waals surface area (Å²) in [5.41, 5.74) is 5.37. The minimum absolute atomic E-state index is 1.33. The largest absolute Gasteiger partial charge is 0.0683 e. The van der Waals surface area contributed by atoms with Gasteiger partial charge in [-0.15, -0.1) is 0 Å². The van der Waals surface area contributed by atoms with Crippen molar-refractivity contribution in [1.29, 1.82) is 0 Å². The molecule has 0 spiro atoms. The smallest absolute Gasteiger partial charge is 0.0152 e. The quantitative estimate of drug-likeness (QED) is 0.379. The molecule has 3 aromatic carbocycles. The van der Waals surface area contributed by atoms with E-state index in [1.807, 2.05) is 41.5 Å². The molecule has 3 aromatic rings. The summed E-state index contributed by atoms with van der Waals surface area (Å²) in [6.07, 6.45) is 0. The summed E-state index contributed by atoms with van der Waals surface area (Å²) in [4.78, 5) is 0. The molecule has 0 radical (unpaired) electrons. The Morgan fingerprint density at radius 2 is 0.654 bits per heavy atom. The summed E-state index contributed by atoms with van der Waals surface area (Å²) < 4.78 is 0. The van der Waals surface area contributed by atoms with Crippen molar-refractivity contribution in [3.63, 3.8) is 0 Å². The molecule has 0 saturated carbocycles. The molecule has 0 nitrogen and oxygen atoms in total. The lowest BCUT2D eigenvalue weighted by Gasteiger charge is -2.03. The van der Waals surface area contributed by atoms with E-state index in [0.717, 1.165) is 0 Å². The predicted molar refractivity (Wildman–Crippen MR) is 123 cm³/mol. The van der Waals surface area contributed by atoms with Crippen LogP contribution in [0.2, 0.25) is 0 Å². The van der Waals surface area contributed by atoms with Gasteiger partial charge in [-0.05, 0) is 49.6 Å². The topological polar surface area (TPSA) is 0 Å². The molecular formula is C26H40. The zero-order valence-electron chi connectivity index (χ0n) is 18.8. The van der Waals surface area contributed by atoms with E-state index in [1.165, 1.54) is 33.0 Å². The molecule has 0 heteroatoms. The molecule has 0 N–H and O–H groups in total. The third-order valence-corrected chi connectivity index (χ3v) is 3.58. The van der Waals surface area contributed by atoms with Gasteiger partial charge in [0.25, 0.3) is 0 Å². The summed E-state index contributed by atoms with van der Waals surface area (Å²) in [5, 5.41) is 2.75. The highest BCUT2D eigenvalue weighted by molar-refractivity contribution is 5.88. The van der Waals surface area contributed by atoms with Crippen LogP contribution in [0.15, 0.2) is 60.7 Å². The molecule has 0 atom stereocenters. The second-order valence-corrected chi connectivity index (χ2v) is 5.40. The standard InChI is InChI=1S/C12H12.C8H10.3C2H6/c1-9-7-8-10(2)12-6-4-3-5-11(9)12;1-7-3-5-8(2)6-4-7;3*1-2/h3-8H,1-2H3;3-6H,1-2H3;3*1-2H3. The molecule has 26 heavy (non-hydrogen) atoms. The van der Waals surface area contributed by atoms with Gasteiger partial charge in [0.1, 0.15) is 0 Å². The van der Waals surface area contributed by atoms with Crippen molar-refractivity contribution in [2.75, 3.05) is 0 Å². The fourth-order valence-electron chi connectivity index (χ4n) is 2.24. The van der Waals surface area contributed by atoms with Gasteiger partial charge < -0.3 is 0 Å². The monoisotopic (exact) mass is 352 g/mol. The van der Waals surface area contributed by atoms with E-state index < -0.39 is 0 Å². The Morgan fingerprint density at radius 1 is 0.385 bits per heavy atom. The maximum absolute atomic E-state index is 2.18. The molecule has 0 bridgehead atoms. The highest BCUT2D eigenvalue weighted by atomic mass is 14.0. The summed E-state index contributed by atoms with van der Waals surface area (Å²) in [6.45, 7) is 20.5. The van der Waals surface area contributed by atoms with Gasteiger partial charge in [0, 0.05) is 0 Å².